The van der Waals surface area contributed by atoms with E-state index in [2.05, 4.69) is 10.6 Å². The van der Waals surface area contributed by atoms with E-state index in [9.17, 15) is 9.18 Å². The number of nitrogens with zero attached hydrogens (tertiary/aromatic N) is 1. The van der Waals surface area contributed by atoms with Gasteiger partial charge < -0.3 is 10.6 Å². The minimum Gasteiger partial charge on any atom is -0.354 e. The van der Waals surface area contributed by atoms with Crippen LogP contribution in [-0.4, -0.2) is 19.0 Å². The number of rotatable bonds is 6. The molecule has 1 rings (SSSR count). The Hall–Kier alpha value is -1.93. The van der Waals surface area contributed by atoms with Crippen LogP contribution in [0.1, 0.15) is 24.9 Å². The fourth-order valence-electron chi connectivity index (χ4n) is 1.46. The quantitative estimate of drug-likeness (QED) is 0.751. The van der Waals surface area contributed by atoms with Gasteiger partial charge in [0.25, 0.3) is 0 Å². The molecule has 1 aromatic rings. The normalized spacial score (nSPS) is 11.6. The Morgan fingerprint density at radius 2 is 2.33 bits per heavy atom. The smallest absolute Gasteiger partial charge is 0.234 e. The van der Waals surface area contributed by atoms with E-state index in [-0.39, 0.29) is 24.3 Å². The summed E-state index contributed by atoms with van der Waals surface area (Å²) in [7, 11) is 0. The summed E-state index contributed by atoms with van der Waals surface area (Å²) in [5.74, 6) is -0.465. The van der Waals surface area contributed by atoms with Crippen LogP contribution < -0.4 is 10.6 Å². The Balaban J connectivity index is 2.35. The van der Waals surface area contributed by atoms with Crippen LogP contribution in [0.5, 0.6) is 0 Å². The molecule has 0 aromatic heterocycles. The lowest BCUT2D eigenvalue weighted by molar-refractivity contribution is -0.120. The first-order valence-corrected chi connectivity index (χ1v) is 5.76. The van der Waals surface area contributed by atoms with Crippen LogP contribution in [0.3, 0.4) is 0 Å². The van der Waals surface area contributed by atoms with E-state index in [0.29, 0.717) is 13.0 Å². The summed E-state index contributed by atoms with van der Waals surface area (Å²) in [6, 6.07) is 8.08. The molecular formula is C13H16FN3O. The Morgan fingerprint density at radius 1 is 1.56 bits per heavy atom. The molecule has 0 aliphatic rings. The number of benzene rings is 1. The van der Waals surface area contributed by atoms with Crippen molar-refractivity contribution in [1.82, 2.24) is 10.6 Å². The molecule has 4 nitrogen and oxygen atoms in total. The molecule has 0 aliphatic heterocycles. The number of carbonyl (C=O) groups is 1. The second-order valence-electron chi connectivity index (χ2n) is 3.92. The lowest BCUT2D eigenvalue weighted by Crippen LogP contribution is -2.35. The summed E-state index contributed by atoms with van der Waals surface area (Å²) in [6.45, 7) is 2.35. The van der Waals surface area contributed by atoms with Crippen molar-refractivity contribution in [2.45, 2.75) is 19.4 Å². The molecular weight excluding hydrogens is 233 g/mol. The Kier molecular flexibility index (Phi) is 5.81. The van der Waals surface area contributed by atoms with E-state index < -0.39 is 0 Å². The Morgan fingerprint density at radius 3 is 3.00 bits per heavy atom. The fraction of sp³-hybridized carbons (Fsp3) is 0.385. The number of nitriles is 1. The van der Waals surface area contributed by atoms with E-state index in [1.54, 1.807) is 12.1 Å². The van der Waals surface area contributed by atoms with Gasteiger partial charge in [-0.15, -0.1) is 0 Å². The molecule has 0 unspecified atom stereocenters. The topological polar surface area (TPSA) is 64.9 Å². The standard InChI is InChI=1S/C13H16FN3O/c1-10(11-4-2-5-12(14)8-11)17-9-13(18)16-7-3-6-15/h2,4-5,8,10,17H,3,7,9H2,1H3,(H,16,18)/t10-/m0/s1. The highest BCUT2D eigenvalue weighted by molar-refractivity contribution is 5.78. The van der Waals surface area contributed by atoms with Crippen molar-refractivity contribution in [3.05, 3.63) is 35.6 Å². The molecule has 1 atom stereocenters. The third-order valence-corrected chi connectivity index (χ3v) is 2.48. The highest BCUT2D eigenvalue weighted by Crippen LogP contribution is 2.12. The first-order chi connectivity index (χ1) is 8.63. The fourth-order valence-corrected chi connectivity index (χ4v) is 1.46. The van der Waals surface area contributed by atoms with Gasteiger partial charge in [0.1, 0.15) is 5.82 Å². The molecule has 0 spiro atoms. The van der Waals surface area contributed by atoms with Crippen molar-refractivity contribution >= 4 is 5.91 Å². The second-order valence-corrected chi connectivity index (χ2v) is 3.92. The summed E-state index contributed by atoms with van der Waals surface area (Å²) in [4.78, 5) is 11.4. The van der Waals surface area contributed by atoms with Gasteiger partial charge in [-0.2, -0.15) is 5.26 Å². The van der Waals surface area contributed by atoms with Gasteiger partial charge in [-0.1, -0.05) is 12.1 Å². The largest absolute Gasteiger partial charge is 0.354 e. The van der Waals surface area contributed by atoms with E-state index in [1.807, 2.05) is 13.0 Å². The second kappa shape index (κ2) is 7.41. The van der Waals surface area contributed by atoms with Gasteiger partial charge in [0, 0.05) is 12.6 Å². The van der Waals surface area contributed by atoms with E-state index >= 15 is 0 Å². The SMILES string of the molecule is C[C@H](NCC(=O)NCCC#N)c1cccc(F)c1. The van der Waals surface area contributed by atoms with Crippen LogP contribution in [0.25, 0.3) is 0 Å². The molecule has 0 fully saturated rings. The summed E-state index contributed by atoms with van der Waals surface area (Å²) in [6.07, 6.45) is 0.297. The molecule has 2 N–H and O–H groups in total. The molecule has 0 saturated heterocycles. The van der Waals surface area contributed by atoms with Crippen molar-refractivity contribution in [3.8, 4) is 6.07 Å². The van der Waals surface area contributed by atoms with Crippen molar-refractivity contribution in [1.29, 1.82) is 5.26 Å². The minimum absolute atomic E-state index is 0.109. The van der Waals surface area contributed by atoms with E-state index in [1.165, 1.54) is 12.1 Å². The number of carbonyl (C=O) groups excluding carboxylic acids is 1. The predicted octanol–water partition coefficient (Wildman–Crippen LogP) is 1.51. The zero-order chi connectivity index (χ0) is 13.4. The predicted molar refractivity (Wildman–Crippen MR) is 66.1 cm³/mol. The van der Waals surface area contributed by atoms with Gasteiger partial charge in [0.15, 0.2) is 0 Å². The minimum atomic E-state index is -0.292. The molecule has 0 radical (unpaired) electrons. The lowest BCUT2D eigenvalue weighted by Gasteiger charge is -2.14. The zero-order valence-corrected chi connectivity index (χ0v) is 10.2. The van der Waals surface area contributed by atoms with Crippen molar-refractivity contribution in [2.75, 3.05) is 13.1 Å². The molecule has 0 aliphatic carbocycles. The lowest BCUT2D eigenvalue weighted by atomic mass is 10.1. The number of hydrogen-bond donors (Lipinski definition) is 2. The third kappa shape index (κ3) is 4.93. The first-order valence-electron chi connectivity index (χ1n) is 5.76. The number of amides is 1. The van der Waals surface area contributed by atoms with Crippen LogP contribution in [0.2, 0.25) is 0 Å². The molecule has 18 heavy (non-hydrogen) atoms. The van der Waals surface area contributed by atoms with Crippen molar-refractivity contribution < 1.29 is 9.18 Å². The average Bonchev–Trinajstić information content (AvgIpc) is 2.36. The van der Waals surface area contributed by atoms with E-state index in [4.69, 9.17) is 5.26 Å². The summed E-state index contributed by atoms with van der Waals surface area (Å²) < 4.78 is 13.0. The summed E-state index contributed by atoms with van der Waals surface area (Å²) in [5, 5.41) is 13.9. The van der Waals surface area contributed by atoms with Crippen LogP contribution in [0, 0.1) is 17.1 Å². The molecule has 0 heterocycles. The average molecular weight is 249 g/mol. The highest BCUT2D eigenvalue weighted by Gasteiger charge is 2.07. The molecule has 0 bridgehead atoms. The van der Waals surface area contributed by atoms with Crippen molar-refractivity contribution in [2.24, 2.45) is 0 Å². The van der Waals surface area contributed by atoms with Crippen molar-refractivity contribution in [3.63, 3.8) is 0 Å². The first kappa shape index (κ1) is 14.1. The molecule has 5 heteroatoms. The van der Waals surface area contributed by atoms with Gasteiger partial charge in [0.05, 0.1) is 19.0 Å². The van der Waals surface area contributed by atoms with Crippen LogP contribution in [0.4, 0.5) is 4.39 Å². The maximum absolute atomic E-state index is 13.0. The monoisotopic (exact) mass is 249 g/mol. The molecule has 0 saturated carbocycles. The van der Waals surface area contributed by atoms with E-state index in [0.717, 1.165) is 5.56 Å². The highest BCUT2D eigenvalue weighted by atomic mass is 19.1. The van der Waals surface area contributed by atoms with Crippen LogP contribution in [0.15, 0.2) is 24.3 Å². The molecule has 1 amide bonds. The van der Waals surface area contributed by atoms with Gasteiger partial charge in [-0.05, 0) is 24.6 Å². The Labute approximate surface area is 106 Å². The zero-order valence-electron chi connectivity index (χ0n) is 10.2. The van der Waals surface area contributed by atoms with Gasteiger partial charge in [0.2, 0.25) is 5.91 Å². The maximum Gasteiger partial charge on any atom is 0.234 e. The third-order valence-electron chi connectivity index (χ3n) is 2.48. The summed E-state index contributed by atoms with van der Waals surface area (Å²) >= 11 is 0. The number of halogens is 1. The number of nitrogens with one attached hydrogen (secondary N) is 2. The summed E-state index contributed by atoms with van der Waals surface area (Å²) in [5.41, 5.74) is 0.792. The van der Waals surface area contributed by atoms with Gasteiger partial charge >= 0.3 is 0 Å². The maximum atomic E-state index is 13.0. The Bertz CT molecular complexity index is 442. The van der Waals surface area contributed by atoms with Crippen LogP contribution in [-0.2, 0) is 4.79 Å². The molecule has 96 valence electrons. The molecule has 1 aromatic carbocycles. The number of hydrogen-bond acceptors (Lipinski definition) is 3. The van der Waals surface area contributed by atoms with Gasteiger partial charge in [-0.25, -0.2) is 4.39 Å². The van der Waals surface area contributed by atoms with Crippen LogP contribution >= 0.6 is 0 Å². The van der Waals surface area contributed by atoms with Gasteiger partial charge in [-0.3, -0.25) is 4.79 Å².